The van der Waals surface area contributed by atoms with Gasteiger partial charge in [-0.25, -0.2) is 0 Å². The molecule has 2 aromatic carbocycles. The molecule has 0 aliphatic carbocycles. The summed E-state index contributed by atoms with van der Waals surface area (Å²) in [7, 11) is 4.68. The molecule has 3 rings (SSSR count). The van der Waals surface area contributed by atoms with Crippen molar-refractivity contribution in [2.45, 2.75) is 19.9 Å². The second kappa shape index (κ2) is 10.4. The Hall–Kier alpha value is -4.25. The summed E-state index contributed by atoms with van der Waals surface area (Å²) >= 11 is 0. The third-order valence-corrected chi connectivity index (χ3v) is 5.33. The number of hydrogen-bond donors (Lipinski definition) is 1. The molecule has 1 aromatic heterocycles. The Morgan fingerprint density at radius 1 is 1.06 bits per heavy atom. The van der Waals surface area contributed by atoms with E-state index in [1.54, 1.807) is 58.6 Å². The molecule has 0 aliphatic heterocycles. The van der Waals surface area contributed by atoms with Crippen molar-refractivity contribution in [2.24, 2.45) is 4.99 Å². The second-order valence-corrected chi connectivity index (χ2v) is 7.20. The van der Waals surface area contributed by atoms with E-state index in [4.69, 9.17) is 14.2 Å². The van der Waals surface area contributed by atoms with Gasteiger partial charge in [-0.1, -0.05) is 6.07 Å². The number of aryl methyl sites for hydroxylation is 1. The van der Waals surface area contributed by atoms with Crippen LogP contribution in [-0.2, 0) is 13.0 Å². The Morgan fingerprint density at radius 2 is 1.76 bits per heavy atom. The second-order valence-electron chi connectivity index (χ2n) is 7.20. The number of nitriles is 1. The molecule has 8 heteroatoms. The summed E-state index contributed by atoms with van der Waals surface area (Å²) in [6.45, 7) is 1.78. The summed E-state index contributed by atoms with van der Waals surface area (Å²) in [5.41, 5.74) is 1.63. The SMILES string of the molecule is COc1ccc(N=Cc2c(C)c(C#N)c(=O)n(CCc3ccc(OC)c(OC)c3)c2O)cc1. The van der Waals surface area contributed by atoms with Crippen LogP contribution in [-0.4, -0.2) is 37.2 Å². The Balaban J connectivity index is 1.96. The van der Waals surface area contributed by atoms with Gasteiger partial charge in [0.2, 0.25) is 5.88 Å². The van der Waals surface area contributed by atoms with Gasteiger partial charge in [0.15, 0.2) is 11.5 Å². The number of pyridine rings is 1. The molecule has 0 spiro atoms. The van der Waals surface area contributed by atoms with E-state index >= 15 is 0 Å². The van der Waals surface area contributed by atoms with Crippen molar-refractivity contribution in [3.63, 3.8) is 0 Å². The maximum atomic E-state index is 12.9. The average Bonchev–Trinajstić information content (AvgIpc) is 2.84. The third-order valence-electron chi connectivity index (χ3n) is 5.33. The lowest BCUT2D eigenvalue weighted by molar-refractivity contribution is 0.354. The number of hydrogen-bond acceptors (Lipinski definition) is 7. The minimum atomic E-state index is -0.547. The molecule has 1 N–H and O–H groups in total. The average molecular weight is 447 g/mol. The van der Waals surface area contributed by atoms with Crippen LogP contribution in [0.15, 0.2) is 52.3 Å². The van der Waals surface area contributed by atoms with E-state index in [9.17, 15) is 15.2 Å². The van der Waals surface area contributed by atoms with E-state index in [0.717, 1.165) is 5.56 Å². The molecule has 0 fully saturated rings. The minimum absolute atomic E-state index is 0.0312. The lowest BCUT2D eigenvalue weighted by atomic mass is 10.1. The van der Waals surface area contributed by atoms with Crippen LogP contribution in [0.4, 0.5) is 5.69 Å². The van der Waals surface area contributed by atoms with Crippen molar-refractivity contribution < 1.29 is 19.3 Å². The number of aromatic nitrogens is 1. The normalized spacial score (nSPS) is 10.8. The van der Waals surface area contributed by atoms with Crippen molar-refractivity contribution in [1.82, 2.24) is 4.57 Å². The van der Waals surface area contributed by atoms with Gasteiger partial charge in [-0.05, 0) is 60.9 Å². The highest BCUT2D eigenvalue weighted by atomic mass is 16.5. The number of methoxy groups -OCH3 is 3. The maximum absolute atomic E-state index is 12.9. The van der Waals surface area contributed by atoms with Crippen LogP contribution in [0.2, 0.25) is 0 Å². The van der Waals surface area contributed by atoms with Gasteiger partial charge < -0.3 is 19.3 Å². The molecule has 0 atom stereocenters. The van der Waals surface area contributed by atoms with E-state index in [2.05, 4.69) is 4.99 Å². The van der Waals surface area contributed by atoms with Crippen LogP contribution >= 0.6 is 0 Å². The number of ether oxygens (including phenoxy) is 3. The molecular weight excluding hydrogens is 422 g/mol. The topological polar surface area (TPSA) is 106 Å². The minimum Gasteiger partial charge on any atom is -0.497 e. The summed E-state index contributed by atoms with van der Waals surface area (Å²) in [6, 6.07) is 14.5. The van der Waals surface area contributed by atoms with Gasteiger partial charge in [-0.3, -0.25) is 14.4 Å². The zero-order chi connectivity index (χ0) is 24.0. The fraction of sp³-hybridized carbons (Fsp3) is 0.240. The van der Waals surface area contributed by atoms with Crippen molar-refractivity contribution in [1.29, 1.82) is 5.26 Å². The van der Waals surface area contributed by atoms with Crippen molar-refractivity contribution in [3.8, 4) is 29.2 Å². The molecule has 0 unspecified atom stereocenters. The lowest BCUT2D eigenvalue weighted by Gasteiger charge is -2.15. The van der Waals surface area contributed by atoms with E-state index in [0.29, 0.717) is 40.5 Å². The smallest absolute Gasteiger partial charge is 0.271 e. The van der Waals surface area contributed by atoms with Gasteiger partial charge in [-0.2, -0.15) is 5.26 Å². The molecule has 0 bridgehead atoms. The van der Waals surface area contributed by atoms with Crippen LogP contribution in [0.5, 0.6) is 23.1 Å². The molecule has 3 aromatic rings. The van der Waals surface area contributed by atoms with E-state index in [1.165, 1.54) is 10.8 Å². The van der Waals surface area contributed by atoms with E-state index < -0.39 is 5.56 Å². The number of benzene rings is 2. The predicted molar refractivity (Wildman–Crippen MR) is 125 cm³/mol. The summed E-state index contributed by atoms with van der Waals surface area (Å²) < 4.78 is 16.9. The summed E-state index contributed by atoms with van der Waals surface area (Å²) in [5, 5.41) is 20.4. The number of nitrogens with zero attached hydrogens (tertiary/aromatic N) is 3. The Labute approximate surface area is 191 Å². The van der Waals surface area contributed by atoms with Crippen LogP contribution in [0.1, 0.15) is 22.3 Å². The first kappa shape index (κ1) is 23.4. The van der Waals surface area contributed by atoms with Crippen molar-refractivity contribution >= 4 is 11.9 Å². The zero-order valence-corrected chi connectivity index (χ0v) is 19.0. The fourth-order valence-electron chi connectivity index (χ4n) is 3.42. The molecule has 33 heavy (non-hydrogen) atoms. The van der Waals surface area contributed by atoms with Crippen LogP contribution in [0.25, 0.3) is 0 Å². The summed E-state index contributed by atoms with van der Waals surface area (Å²) in [4.78, 5) is 17.2. The molecule has 0 saturated carbocycles. The van der Waals surface area contributed by atoms with Crippen LogP contribution < -0.4 is 19.8 Å². The van der Waals surface area contributed by atoms with E-state index in [-0.39, 0.29) is 18.0 Å². The molecule has 0 saturated heterocycles. The monoisotopic (exact) mass is 447 g/mol. The lowest BCUT2D eigenvalue weighted by Crippen LogP contribution is -2.26. The molecule has 8 nitrogen and oxygen atoms in total. The predicted octanol–water partition coefficient (Wildman–Crippen LogP) is 3.75. The highest BCUT2D eigenvalue weighted by Gasteiger charge is 2.18. The number of aromatic hydroxyl groups is 1. The summed E-state index contributed by atoms with van der Waals surface area (Å²) in [5.74, 6) is 1.62. The van der Waals surface area contributed by atoms with Gasteiger partial charge in [-0.15, -0.1) is 0 Å². The van der Waals surface area contributed by atoms with Gasteiger partial charge in [0.05, 0.1) is 32.6 Å². The largest absolute Gasteiger partial charge is 0.497 e. The quantitative estimate of drug-likeness (QED) is 0.527. The zero-order valence-electron chi connectivity index (χ0n) is 19.0. The van der Waals surface area contributed by atoms with Gasteiger partial charge in [0, 0.05) is 12.8 Å². The van der Waals surface area contributed by atoms with Crippen molar-refractivity contribution in [3.05, 3.63) is 75.1 Å². The van der Waals surface area contributed by atoms with Crippen LogP contribution in [0.3, 0.4) is 0 Å². The summed E-state index contributed by atoms with van der Waals surface area (Å²) in [6.07, 6.45) is 1.89. The Kier molecular flexibility index (Phi) is 7.36. The highest BCUT2D eigenvalue weighted by molar-refractivity contribution is 5.87. The molecule has 1 heterocycles. The fourth-order valence-corrected chi connectivity index (χ4v) is 3.42. The first-order chi connectivity index (χ1) is 15.9. The number of rotatable bonds is 8. The Bertz CT molecular complexity index is 1270. The van der Waals surface area contributed by atoms with Gasteiger partial charge >= 0.3 is 0 Å². The van der Waals surface area contributed by atoms with Gasteiger partial charge in [0.25, 0.3) is 5.56 Å². The molecule has 0 radical (unpaired) electrons. The first-order valence-corrected chi connectivity index (χ1v) is 10.2. The standard InChI is InChI=1S/C25H25N3O5/c1-16-20(14-26)24(29)28(12-11-17-5-10-22(32-3)23(13-17)33-4)25(30)21(16)15-27-18-6-8-19(31-2)9-7-18/h5-10,13,15,30H,11-12H2,1-4H3. The van der Waals surface area contributed by atoms with Crippen molar-refractivity contribution in [2.75, 3.05) is 21.3 Å². The van der Waals surface area contributed by atoms with Gasteiger partial charge in [0.1, 0.15) is 17.4 Å². The third kappa shape index (κ3) is 4.99. The molecule has 0 amide bonds. The van der Waals surface area contributed by atoms with Crippen LogP contribution in [0, 0.1) is 18.3 Å². The molecular formula is C25H25N3O5. The van der Waals surface area contributed by atoms with E-state index in [1.807, 2.05) is 18.2 Å². The molecule has 0 aliphatic rings. The Morgan fingerprint density at radius 3 is 2.36 bits per heavy atom. The highest BCUT2D eigenvalue weighted by Crippen LogP contribution is 2.28. The molecule has 170 valence electrons. The maximum Gasteiger partial charge on any atom is 0.271 e. The first-order valence-electron chi connectivity index (χ1n) is 10.2. The number of aliphatic imine (C=N–C) groups is 1.